The van der Waals surface area contributed by atoms with E-state index < -0.39 is 17.5 Å². The summed E-state index contributed by atoms with van der Waals surface area (Å²) in [6, 6.07) is 21.6. The van der Waals surface area contributed by atoms with Crippen LogP contribution in [0.25, 0.3) is 17.0 Å². The second kappa shape index (κ2) is 9.67. The summed E-state index contributed by atoms with van der Waals surface area (Å²) in [6.45, 7) is 0.292. The van der Waals surface area contributed by atoms with E-state index in [1.54, 1.807) is 30.3 Å². The standard InChI is InChI=1S/C26H18BrNO5/c27-18-13-21(25(30)22(14-18)26(31)32)24(29)11-8-16-4-3-6-20(12-16)33-15-19-10-9-17-5-1-2-7-23(17)28-19/h1-14,30H,15H2,(H,31,32). The van der Waals surface area contributed by atoms with Crippen molar-refractivity contribution in [1.82, 2.24) is 4.98 Å². The number of rotatable bonds is 7. The molecule has 1 aromatic heterocycles. The Morgan fingerprint density at radius 1 is 0.970 bits per heavy atom. The lowest BCUT2D eigenvalue weighted by molar-refractivity contribution is 0.0693. The van der Waals surface area contributed by atoms with Crippen molar-refractivity contribution in [3.63, 3.8) is 0 Å². The molecule has 0 amide bonds. The van der Waals surface area contributed by atoms with Crippen molar-refractivity contribution in [2.45, 2.75) is 6.61 Å². The SMILES string of the molecule is O=C(O)c1cc(Br)cc(C(=O)C=Cc2cccc(OCc3ccc4ccccc4n3)c2)c1O. The number of pyridine rings is 1. The van der Waals surface area contributed by atoms with Gasteiger partial charge in [0.1, 0.15) is 23.7 Å². The van der Waals surface area contributed by atoms with Crippen molar-refractivity contribution in [3.8, 4) is 11.5 Å². The summed E-state index contributed by atoms with van der Waals surface area (Å²) >= 11 is 3.17. The Morgan fingerprint density at radius 3 is 2.58 bits per heavy atom. The maximum atomic E-state index is 12.6. The first-order chi connectivity index (χ1) is 15.9. The van der Waals surface area contributed by atoms with E-state index in [9.17, 15) is 19.8 Å². The molecule has 4 rings (SSSR count). The number of aromatic carboxylic acids is 1. The Bertz CT molecular complexity index is 1400. The molecule has 6 nitrogen and oxygen atoms in total. The highest BCUT2D eigenvalue weighted by Crippen LogP contribution is 2.28. The molecule has 0 radical (unpaired) electrons. The number of hydrogen-bond donors (Lipinski definition) is 2. The number of benzene rings is 3. The number of carboxylic acids is 1. The van der Waals surface area contributed by atoms with Crippen LogP contribution >= 0.6 is 15.9 Å². The van der Waals surface area contributed by atoms with Gasteiger partial charge in [-0.2, -0.15) is 0 Å². The number of halogens is 1. The molecule has 7 heteroatoms. The lowest BCUT2D eigenvalue weighted by Crippen LogP contribution is -2.03. The fourth-order valence-electron chi connectivity index (χ4n) is 3.27. The van der Waals surface area contributed by atoms with Gasteiger partial charge in [0.15, 0.2) is 5.78 Å². The lowest BCUT2D eigenvalue weighted by Gasteiger charge is -2.08. The highest BCUT2D eigenvalue weighted by Gasteiger charge is 2.18. The number of allylic oxidation sites excluding steroid dienone is 1. The van der Waals surface area contributed by atoms with Crippen LogP contribution in [0.5, 0.6) is 11.5 Å². The molecule has 0 saturated carbocycles. The topological polar surface area (TPSA) is 96.7 Å². The van der Waals surface area contributed by atoms with Crippen LogP contribution in [0.4, 0.5) is 0 Å². The van der Waals surface area contributed by atoms with Gasteiger partial charge >= 0.3 is 5.97 Å². The number of aromatic hydroxyl groups is 1. The zero-order valence-electron chi connectivity index (χ0n) is 17.2. The van der Waals surface area contributed by atoms with E-state index in [4.69, 9.17) is 4.74 Å². The molecule has 4 aromatic rings. The van der Waals surface area contributed by atoms with Crippen molar-refractivity contribution in [3.05, 3.63) is 106 Å². The molecule has 0 aliphatic rings. The number of ketones is 1. The summed E-state index contributed by atoms with van der Waals surface area (Å²) in [5.74, 6) is -1.81. The Kier molecular flexibility index (Phi) is 6.51. The van der Waals surface area contributed by atoms with E-state index in [1.807, 2.05) is 36.4 Å². The minimum absolute atomic E-state index is 0.104. The minimum Gasteiger partial charge on any atom is -0.506 e. The summed E-state index contributed by atoms with van der Waals surface area (Å²) in [6.07, 6.45) is 2.85. The molecule has 0 saturated heterocycles. The first kappa shape index (κ1) is 22.2. The predicted octanol–water partition coefficient (Wildman–Crippen LogP) is 5.88. The second-order valence-corrected chi connectivity index (χ2v) is 8.12. The average Bonchev–Trinajstić information content (AvgIpc) is 2.82. The van der Waals surface area contributed by atoms with E-state index in [-0.39, 0.29) is 11.1 Å². The van der Waals surface area contributed by atoms with E-state index in [0.29, 0.717) is 22.4 Å². The molecule has 0 unspecified atom stereocenters. The molecule has 164 valence electrons. The molecule has 1 heterocycles. The Balaban J connectivity index is 1.47. The summed E-state index contributed by atoms with van der Waals surface area (Å²) in [7, 11) is 0. The fourth-order valence-corrected chi connectivity index (χ4v) is 3.72. The number of hydrogen-bond acceptors (Lipinski definition) is 5. The molecule has 0 aliphatic carbocycles. The third-order valence-electron chi connectivity index (χ3n) is 4.90. The van der Waals surface area contributed by atoms with Crippen LogP contribution < -0.4 is 4.74 Å². The van der Waals surface area contributed by atoms with Gasteiger partial charge in [0, 0.05) is 9.86 Å². The number of nitrogens with zero attached hydrogens (tertiary/aromatic N) is 1. The molecule has 0 aliphatic heterocycles. The molecule has 0 bridgehead atoms. The Morgan fingerprint density at radius 2 is 1.76 bits per heavy atom. The van der Waals surface area contributed by atoms with Gasteiger partial charge in [-0.05, 0) is 48.0 Å². The van der Waals surface area contributed by atoms with E-state index in [1.165, 1.54) is 18.2 Å². The average molecular weight is 504 g/mol. The molecule has 0 fully saturated rings. The van der Waals surface area contributed by atoms with Crippen LogP contribution in [0.2, 0.25) is 0 Å². The maximum Gasteiger partial charge on any atom is 0.339 e. The van der Waals surface area contributed by atoms with Gasteiger partial charge in [0.2, 0.25) is 0 Å². The lowest BCUT2D eigenvalue weighted by atomic mass is 10.0. The largest absolute Gasteiger partial charge is 0.506 e. The first-order valence-electron chi connectivity index (χ1n) is 9.96. The van der Waals surface area contributed by atoms with Gasteiger partial charge in [-0.1, -0.05) is 58.4 Å². The smallest absolute Gasteiger partial charge is 0.339 e. The summed E-state index contributed by atoms with van der Waals surface area (Å²) < 4.78 is 6.24. The highest BCUT2D eigenvalue weighted by atomic mass is 79.9. The quantitative estimate of drug-likeness (QED) is 0.241. The van der Waals surface area contributed by atoms with Gasteiger partial charge in [0.25, 0.3) is 0 Å². The van der Waals surface area contributed by atoms with Gasteiger partial charge in [-0.3, -0.25) is 4.79 Å². The molecule has 0 atom stereocenters. The van der Waals surface area contributed by atoms with Crippen molar-refractivity contribution < 1.29 is 24.5 Å². The number of ether oxygens (including phenoxy) is 1. The second-order valence-electron chi connectivity index (χ2n) is 7.21. The minimum atomic E-state index is -1.32. The number of fused-ring (bicyclic) bond motifs is 1. The predicted molar refractivity (Wildman–Crippen MR) is 129 cm³/mol. The van der Waals surface area contributed by atoms with E-state index >= 15 is 0 Å². The van der Waals surface area contributed by atoms with E-state index in [2.05, 4.69) is 20.9 Å². The number of phenols is 1. The molecular weight excluding hydrogens is 486 g/mol. The highest BCUT2D eigenvalue weighted by molar-refractivity contribution is 9.10. The van der Waals surface area contributed by atoms with Crippen LogP contribution in [-0.2, 0) is 6.61 Å². The number of aromatic nitrogens is 1. The van der Waals surface area contributed by atoms with E-state index in [0.717, 1.165) is 16.6 Å². The van der Waals surface area contributed by atoms with Crippen molar-refractivity contribution in [2.24, 2.45) is 0 Å². The van der Waals surface area contributed by atoms with Gasteiger partial charge in [-0.15, -0.1) is 0 Å². The summed E-state index contributed by atoms with van der Waals surface area (Å²) in [5, 5.41) is 20.4. The number of para-hydroxylation sites is 1. The number of carbonyl (C=O) groups excluding carboxylic acids is 1. The first-order valence-corrected chi connectivity index (χ1v) is 10.8. The van der Waals surface area contributed by atoms with Crippen molar-refractivity contribution >= 4 is 44.7 Å². The Hall–Kier alpha value is -3.97. The third kappa shape index (κ3) is 5.27. The van der Waals surface area contributed by atoms with Gasteiger partial charge in [-0.25, -0.2) is 9.78 Å². The van der Waals surface area contributed by atoms with Crippen LogP contribution in [0.3, 0.4) is 0 Å². The molecule has 2 N–H and O–H groups in total. The summed E-state index contributed by atoms with van der Waals surface area (Å²) in [5.41, 5.74) is 1.95. The molecule has 3 aromatic carbocycles. The van der Waals surface area contributed by atoms with Crippen LogP contribution in [0.15, 0.2) is 83.3 Å². The van der Waals surface area contributed by atoms with Crippen molar-refractivity contribution in [2.75, 3.05) is 0 Å². The molecule has 33 heavy (non-hydrogen) atoms. The zero-order chi connectivity index (χ0) is 23.4. The van der Waals surface area contributed by atoms with Crippen LogP contribution in [-0.4, -0.2) is 26.9 Å². The number of carboxylic acid groups (broad SMARTS) is 1. The number of carbonyl (C=O) groups is 2. The zero-order valence-corrected chi connectivity index (χ0v) is 18.8. The van der Waals surface area contributed by atoms with Crippen LogP contribution in [0, 0.1) is 0 Å². The molecular formula is C26H18BrNO5. The normalized spacial score (nSPS) is 11.1. The maximum absolute atomic E-state index is 12.6. The fraction of sp³-hybridized carbons (Fsp3) is 0.0385. The summed E-state index contributed by atoms with van der Waals surface area (Å²) in [4.78, 5) is 28.4. The van der Waals surface area contributed by atoms with Gasteiger partial charge in [0.05, 0.1) is 16.8 Å². The van der Waals surface area contributed by atoms with Gasteiger partial charge < -0.3 is 14.9 Å². The van der Waals surface area contributed by atoms with Crippen molar-refractivity contribution in [1.29, 1.82) is 0 Å². The Labute approximate surface area is 197 Å². The molecule has 0 spiro atoms. The van der Waals surface area contributed by atoms with Crippen LogP contribution in [0.1, 0.15) is 32.0 Å². The monoisotopic (exact) mass is 503 g/mol. The third-order valence-corrected chi connectivity index (χ3v) is 5.36.